The minimum absolute atomic E-state index is 0.0424. The molecule has 4 rings (SSSR count). The molecule has 168 valence electrons. The maximum Gasteiger partial charge on any atom is 0.321 e. The molecule has 7 nitrogen and oxygen atoms in total. The van der Waals surface area contributed by atoms with Crippen molar-refractivity contribution in [2.24, 2.45) is 0 Å². The van der Waals surface area contributed by atoms with Crippen LogP contribution in [0.4, 0.5) is 10.5 Å². The van der Waals surface area contributed by atoms with Crippen LogP contribution in [0.1, 0.15) is 16.8 Å². The summed E-state index contributed by atoms with van der Waals surface area (Å²) in [5, 5.41) is 3.48. The Hall–Kier alpha value is -2.71. The second-order valence-electron chi connectivity index (χ2n) is 7.76. The molecule has 0 aliphatic carbocycles. The van der Waals surface area contributed by atoms with E-state index in [1.807, 2.05) is 18.2 Å². The van der Waals surface area contributed by atoms with Gasteiger partial charge in [-0.05, 0) is 42.8 Å². The number of anilines is 1. The van der Waals surface area contributed by atoms with Crippen molar-refractivity contribution in [2.45, 2.75) is 12.5 Å². The van der Waals surface area contributed by atoms with Crippen LogP contribution in [0.25, 0.3) is 0 Å². The number of nitrogens with one attached hydrogen (secondary N) is 1. The molecule has 2 aliphatic heterocycles. The second-order valence-corrected chi connectivity index (χ2v) is 9.20. The Balaban J connectivity index is 1.36. The van der Waals surface area contributed by atoms with Crippen LogP contribution in [0.5, 0.6) is 0 Å². The molecule has 1 unspecified atom stereocenters. The number of thioether (sulfide) groups is 1. The van der Waals surface area contributed by atoms with Crippen molar-refractivity contribution < 1.29 is 14.4 Å². The van der Waals surface area contributed by atoms with Gasteiger partial charge in [-0.2, -0.15) is 0 Å². The Morgan fingerprint density at radius 2 is 1.59 bits per heavy atom. The minimum atomic E-state index is -0.470. The van der Waals surface area contributed by atoms with Crippen molar-refractivity contribution in [3.8, 4) is 0 Å². The van der Waals surface area contributed by atoms with Crippen molar-refractivity contribution in [1.29, 1.82) is 0 Å². The summed E-state index contributed by atoms with van der Waals surface area (Å²) in [5.74, 6) is 0.939. The molecule has 2 fully saturated rings. The highest BCUT2D eigenvalue weighted by atomic mass is 35.5. The summed E-state index contributed by atoms with van der Waals surface area (Å²) in [7, 11) is 0. The third-order valence-electron chi connectivity index (χ3n) is 5.64. The quantitative estimate of drug-likeness (QED) is 0.740. The van der Waals surface area contributed by atoms with E-state index in [-0.39, 0.29) is 17.8 Å². The van der Waals surface area contributed by atoms with E-state index in [9.17, 15) is 14.4 Å². The molecule has 32 heavy (non-hydrogen) atoms. The van der Waals surface area contributed by atoms with Crippen LogP contribution in [-0.4, -0.2) is 76.4 Å². The number of carbonyl (C=O) groups is 3. The highest BCUT2D eigenvalue weighted by Gasteiger charge is 2.38. The zero-order valence-corrected chi connectivity index (χ0v) is 19.1. The summed E-state index contributed by atoms with van der Waals surface area (Å²) >= 11 is 7.49. The first-order valence-electron chi connectivity index (χ1n) is 10.6. The molecule has 2 saturated heterocycles. The molecule has 0 saturated carbocycles. The molecule has 4 amide bonds. The minimum Gasteiger partial charge on any atom is -0.339 e. The number of carbonyl (C=O) groups excluding carboxylic acids is 3. The normalized spacial score (nSPS) is 18.9. The summed E-state index contributed by atoms with van der Waals surface area (Å²) in [5.41, 5.74) is 1.27. The largest absolute Gasteiger partial charge is 0.339 e. The number of benzene rings is 2. The summed E-state index contributed by atoms with van der Waals surface area (Å²) in [6, 6.07) is 15.4. The molecule has 1 N–H and O–H groups in total. The lowest BCUT2D eigenvalue weighted by atomic mass is 10.1. The Morgan fingerprint density at radius 3 is 2.34 bits per heavy atom. The fourth-order valence-corrected chi connectivity index (χ4v) is 5.15. The van der Waals surface area contributed by atoms with Gasteiger partial charge in [-0.25, -0.2) is 4.79 Å². The van der Waals surface area contributed by atoms with Crippen LogP contribution in [0.15, 0.2) is 54.6 Å². The number of urea groups is 1. The van der Waals surface area contributed by atoms with Gasteiger partial charge in [0.1, 0.15) is 6.04 Å². The summed E-state index contributed by atoms with van der Waals surface area (Å²) in [6.45, 7) is 2.02. The van der Waals surface area contributed by atoms with E-state index in [0.717, 1.165) is 0 Å². The van der Waals surface area contributed by atoms with E-state index in [1.165, 1.54) is 0 Å². The predicted octanol–water partition coefficient (Wildman–Crippen LogP) is 3.62. The van der Waals surface area contributed by atoms with E-state index >= 15 is 0 Å². The molecule has 0 aromatic heterocycles. The van der Waals surface area contributed by atoms with Gasteiger partial charge in [0, 0.05) is 48.2 Å². The number of halogens is 1. The maximum atomic E-state index is 13.3. The zero-order valence-electron chi connectivity index (χ0n) is 17.6. The lowest BCUT2D eigenvalue weighted by molar-refractivity contribution is -0.134. The third-order valence-corrected chi connectivity index (χ3v) is 6.90. The van der Waals surface area contributed by atoms with Crippen LogP contribution in [-0.2, 0) is 4.79 Å². The molecule has 9 heteroatoms. The number of hydrogen-bond donors (Lipinski definition) is 1. The van der Waals surface area contributed by atoms with Crippen LogP contribution in [0.3, 0.4) is 0 Å². The molecule has 2 heterocycles. The average Bonchev–Trinajstić information content (AvgIpc) is 3.17. The fourth-order valence-electron chi connectivity index (χ4n) is 3.88. The van der Waals surface area contributed by atoms with Gasteiger partial charge in [-0.3, -0.25) is 9.59 Å². The highest BCUT2D eigenvalue weighted by molar-refractivity contribution is 7.99. The van der Waals surface area contributed by atoms with E-state index in [0.29, 0.717) is 60.5 Å². The van der Waals surface area contributed by atoms with Crippen LogP contribution >= 0.6 is 23.4 Å². The van der Waals surface area contributed by atoms with Crippen LogP contribution < -0.4 is 5.32 Å². The van der Waals surface area contributed by atoms with Gasteiger partial charge in [-0.1, -0.05) is 29.8 Å². The van der Waals surface area contributed by atoms with Gasteiger partial charge >= 0.3 is 6.03 Å². The van der Waals surface area contributed by atoms with Gasteiger partial charge in [-0.15, -0.1) is 11.8 Å². The van der Waals surface area contributed by atoms with Crippen LogP contribution in [0.2, 0.25) is 5.02 Å². The van der Waals surface area contributed by atoms with E-state index in [2.05, 4.69) is 5.32 Å². The summed E-state index contributed by atoms with van der Waals surface area (Å²) < 4.78 is 0. The van der Waals surface area contributed by atoms with Gasteiger partial charge in [0.2, 0.25) is 5.91 Å². The maximum absolute atomic E-state index is 13.3. The van der Waals surface area contributed by atoms with E-state index < -0.39 is 6.04 Å². The van der Waals surface area contributed by atoms with Crippen molar-refractivity contribution in [2.75, 3.05) is 43.1 Å². The van der Waals surface area contributed by atoms with Crippen LogP contribution in [0, 0.1) is 0 Å². The van der Waals surface area contributed by atoms with E-state index in [1.54, 1.807) is 62.9 Å². The molecule has 0 spiro atoms. The SMILES string of the molecule is O=C(Nc1ccc(Cl)cc1)N1CCCN(C(=O)C2CSCN2C(=O)c2ccccc2)CC1. The Kier molecular flexibility index (Phi) is 7.22. The smallest absolute Gasteiger partial charge is 0.321 e. The summed E-state index contributed by atoms with van der Waals surface area (Å²) in [6.07, 6.45) is 0.687. The first kappa shape index (κ1) is 22.5. The predicted molar refractivity (Wildman–Crippen MR) is 127 cm³/mol. The Bertz CT molecular complexity index is 973. The average molecular weight is 473 g/mol. The number of hydrogen-bond acceptors (Lipinski definition) is 4. The Labute approximate surface area is 196 Å². The molecule has 0 radical (unpaired) electrons. The molecular weight excluding hydrogens is 448 g/mol. The van der Waals surface area contributed by atoms with Crippen molar-refractivity contribution in [1.82, 2.24) is 14.7 Å². The van der Waals surface area contributed by atoms with Gasteiger partial charge in [0.15, 0.2) is 0 Å². The molecular formula is C23H25ClN4O3S. The molecule has 1 atom stereocenters. The van der Waals surface area contributed by atoms with E-state index in [4.69, 9.17) is 11.6 Å². The number of rotatable bonds is 3. The second kappa shape index (κ2) is 10.3. The monoisotopic (exact) mass is 472 g/mol. The van der Waals surface area contributed by atoms with Crippen molar-refractivity contribution in [3.05, 3.63) is 65.2 Å². The first-order valence-corrected chi connectivity index (χ1v) is 12.1. The lowest BCUT2D eigenvalue weighted by Crippen LogP contribution is -2.50. The first-order chi connectivity index (χ1) is 15.5. The lowest BCUT2D eigenvalue weighted by Gasteiger charge is -2.29. The number of amides is 4. The molecule has 2 aromatic carbocycles. The topological polar surface area (TPSA) is 73.0 Å². The van der Waals surface area contributed by atoms with Crippen molar-refractivity contribution in [3.63, 3.8) is 0 Å². The third kappa shape index (κ3) is 5.19. The highest BCUT2D eigenvalue weighted by Crippen LogP contribution is 2.25. The van der Waals surface area contributed by atoms with Gasteiger partial charge in [0.25, 0.3) is 5.91 Å². The summed E-state index contributed by atoms with van der Waals surface area (Å²) in [4.78, 5) is 44.0. The Morgan fingerprint density at radius 1 is 0.906 bits per heavy atom. The molecule has 0 bridgehead atoms. The number of nitrogens with zero attached hydrogens (tertiary/aromatic N) is 3. The van der Waals surface area contributed by atoms with Gasteiger partial charge in [0.05, 0.1) is 5.88 Å². The molecule has 2 aromatic rings. The molecule has 2 aliphatic rings. The standard InChI is InChI=1S/C23H25ClN4O3S/c24-18-7-9-19(10-8-18)25-23(31)27-12-4-11-26(13-14-27)22(30)20-15-32-16-28(20)21(29)17-5-2-1-3-6-17/h1-3,5-10,20H,4,11-16H2,(H,25,31). The van der Waals surface area contributed by atoms with Crippen molar-refractivity contribution >= 4 is 46.9 Å². The fraction of sp³-hybridized carbons (Fsp3) is 0.348. The zero-order chi connectivity index (χ0) is 22.5. The van der Waals surface area contributed by atoms with Gasteiger partial charge < -0.3 is 20.0 Å².